The van der Waals surface area contributed by atoms with Crippen LogP contribution >= 0.6 is 0 Å². The van der Waals surface area contributed by atoms with Crippen LogP contribution in [0.2, 0.25) is 0 Å². The van der Waals surface area contributed by atoms with E-state index in [0.29, 0.717) is 6.07 Å². The number of benzene rings is 1. The summed E-state index contributed by atoms with van der Waals surface area (Å²) in [5.74, 6) is -1.67. The first-order valence-corrected chi connectivity index (χ1v) is 4.00. The number of nitriles is 1. The molecule has 0 heterocycles. The van der Waals surface area contributed by atoms with Crippen molar-refractivity contribution in [1.82, 2.24) is 0 Å². The molecule has 78 valence electrons. The molecule has 0 saturated heterocycles. The number of nitrogens with zero attached hydrogens (tertiary/aromatic N) is 1. The molecule has 0 unspecified atom stereocenters. The molecule has 1 aromatic carbocycles. The Kier molecular flexibility index (Phi) is 3.10. The highest BCUT2D eigenvalue weighted by molar-refractivity contribution is 5.96. The molecular weight excluding hydrogens is 207 g/mol. The number of rotatable bonds is 2. The molecule has 0 atom stereocenters. The molecule has 0 radical (unpaired) electrons. The molecule has 0 spiro atoms. The van der Waals surface area contributed by atoms with Gasteiger partial charge < -0.3 is 0 Å². The maximum Gasteiger partial charge on any atom is 0.264 e. The quantitative estimate of drug-likeness (QED) is 0.708. The van der Waals surface area contributed by atoms with Crippen LogP contribution in [0.25, 0.3) is 0 Å². The zero-order valence-corrected chi connectivity index (χ0v) is 7.72. The van der Waals surface area contributed by atoms with Crippen molar-refractivity contribution in [2.24, 2.45) is 0 Å². The lowest BCUT2D eigenvalue weighted by Gasteiger charge is -2.06. The number of ketones is 1. The first kappa shape index (κ1) is 11.2. The Morgan fingerprint density at radius 2 is 2.07 bits per heavy atom. The summed E-state index contributed by atoms with van der Waals surface area (Å²) < 4.78 is 37.8. The maximum atomic E-state index is 13.0. The van der Waals surface area contributed by atoms with Crippen molar-refractivity contribution in [3.05, 3.63) is 34.6 Å². The Morgan fingerprint density at radius 1 is 1.47 bits per heavy atom. The Balaban J connectivity index is 3.47. The third-order valence-corrected chi connectivity index (χ3v) is 1.87. The predicted molar refractivity (Wildman–Crippen MR) is 46.1 cm³/mol. The molecule has 0 saturated carbocycles. The van der Waals surface area contributed by atoms with Gasteiger partial charge in [-0.1, -0.05) is 0 Å². The van der Waals surface area contributed by atoms with E-state index in [1.807, 2.05) is 0 Å². The summed E-state index contributed by atoms with van der Waals surface area (Å²) in [4.78, 5) is 11.0. The normalized spacial score (nSPS) is 10.1. The van der Waals surface area contributed by atoms with Crippen molar-refractivity contribution in [3.8, 4) is 6.07 Å². The summed E-state index contributed by atoms with van der Waals surface area (Å²) in [6.45, 7) is 1.08. The SMILES string of the molecule is CC(=O)c1cc(C#N)c(F)cc1C(F)F. The minimum Gasteiger partial charge on any atom is -0.294 e. The molecule has 1 rings (SSSR count). The van der Waals surface area contributed by atoms with Gasteiger partial charge in [0.2, 0.25) is 0 Å². The summed E-state index contributed by atoms with van der Waals surface area (Å²) >= 11 is 0. The van der Waals surface area contributed by atoms with Gasteiger partial charge in [-0.25, -0.2) is 13.2 Å². The first-order chi connectivity index (χ1) is 6.97. The number of carbonyl (C=O) groups excluding carboxylic acids is 1. The van der Waals surface area contributed by atoms with Crippen LogP contribution in [0.1, 0.15) is 34.8 Å². The van der Waals surface area contributed by atoms with Crippen LogP contribution in [-0.4, -0.2) is 5.78 Å². The lowest BCUT2D eigenvalue weighted by atomic mass is 10.0. The van der Waals surface area contributed by atoms with Gasteiger partial charge in [0.15, 0.2) is 5.78 Å². The molecule has 0 aromatic heterocycles. The molecule has 15 heavy (non-hydrogen) atoms. The standard InChI is InChI=1S/C10H6F3NO/c1-5(15)7-2-6(4-14)9(11)3-8(7)10(12)13/h2-3,10H,1H3. The summed E-state index contributed by atoms with van der Waals surface area (Å²) in [5.41, 5.74) is -1.41. The monoisotopic (exact) mass is 213 g/mol. The zero-order chi connectivity index (χ0) is 11.6. The molecule has 0 N–H and O–H groups in total. The molecule has 0 aliphatic heterocycles. The van der Waals surface area contributed by atoms with E-state index in [0.717, 1.165) is 13.0 Å². The van der Waals surface area contributed by atoms with Gasteiger partial charge in [-0.2, -0.15) is 5.26 Å². The highest BCUT2D eigenvalue weighted by atomic mass is 19.3. The summed E-state index contributed by atoms with van der Waals surface area (Å²) in [6, 6.07) is 2.86. The van der Waals surface area contributed by atoms with E-state index in [2.05, 4.69) is 0 Å². The van der Waals surface area contributed by atoms with Crippen LogP contribution in [0, 0.1) is 17.1 Å². The summed E-state index contributed by atoms with van der Waals surface area (Å²) in [7, 11) is 0. The predicted octanol–water partition coefficient (Wildman–Crippen LogP) is 2.84. The van der Waals surface area contributed by atoms with Crippen LogP contribution < -0.4 is 0 Å². The van der Waals surface area contributed by atoms with Gasteiger partial charge in [-0.15, -0.1) is 0 Å². The maximum absolute atomic E-state index is 13.0. The number of Topliss-reactive ketones (excluding diaryl/α,β-unsaturated/α-hetero) is 1. The smallest absolute Gasteiger partial charge is 0.264 e. The lowest BCUT2D eigenvalue weighted by molar-refractivity contribution is 0.0998. The fourth-order valence-electron chi connectivity index (χ4n) is 1.16. The van der Waals surface area contributed by atoms with Crippen molar-refractivity contribution in [2.75, 3.05) is 0 Å². The molecule has 0 fully saturated rings. The van der Waals surface area contributed by atoms with E-state index in [1.165, 1.54) is 6.07 Å². The number of carbonyl (C=O) groups is 1. The van der Waals surface area contributed by atoms with Crippen LogP contribution in [-0.2, 0) is 0 Å². The van der Waals surface area contributed by atoms with Crippen molar-refractivity contribution < 1.29 is 18.0 Å². The first-order valence-electron chi connectivity index (χ1n) is 4.00. The van der Waals surface area contributed by atoms with E-state index in [-0.39, 0.29) is 5.56 Å². The number of alkyl halides is 2. The second-order valence-electron chi connectivity index (χ2n) is 2.89. The molecule has 0 aliphatic rings. The minimum absolute atomic E-state index is 0.317. The van der Waals surface area contributed by atoms with E-state index in [9.17, 15) is 18.0 Å². The zero-order valence-electron chi connectivity index (χ0n) is 7.72. The lowest BCUT2D eigenvalue weighted by Crippen LogP contribution is -2.03. The molecule has 1 aromatic rings. The Hall–Kier alpha value is -1.83. The van der Waals surface area contributed by atoms with Crippen molar-refractivity contribution in [2.45, 2.75) is 13.3 Å². The van der Waals surface area contributed by atoms with Gasteiger partial charge in [0.25, 0.3) is 6.43 Å². The van der Waals surface area contributed by atoms with Gasteiger partial charge in [0, 0.05) is 11.1 Å². The molecule has 0 aliphatic carbocycles. The van der Waals surface area contributed by atoms with Gasteiger partial charge in [-0.05, 0) is 19.1 Å². The fraction of sp³-hybridized carbons (Fsp3) is 0.200. The second-order valence-corrected chi connectivity index (χ2v) is 2.89. The number of hydrogen-bond acceptors (Lipinski definition) is 2. The van der Waals surface area contributed by atoms with E-state index < -0.39 is 29.2 Å². The van der Waals surface area contributed by atoms with Crippen molar-refractivity contribution in [1.29, 1.82) is 5.26 Å². The van der Waals surface area contributed by atoms with Gasteiger partial charge in [0.05, 0.1) is 5.56 Å². The van der Waals surface area contributed by atoms with Crippen LogP contribution in [0.3, 0.4) is 0 Å². The Bertz CT molecular complexity index is 449. The molecular formula is C10H6F3NO. The number of hydrogen-bond donors (Lipinski definition) is 0. The second kappa shape index (κ2) is 4.13. The van der Waals surface area contributed by atoms with Gasteiger partial charge in [-0.3, -0.25) is 4.79 Å². The third-order valence-electron chi connectivity index (χ3n) is 1.87. The molecule has 0 amide bonds. The van der Waals surface area contributed by atoms with Crippen molar-refractivity contribution >= 4 is 5.78 Å². The third kappa shape index (κ3) is 2.15. The minimum atomic E-state index is -2.94. The van der Waals surface area contributed by atoms with Crippen molar-refractivity contribution in [3.63, 3.8) is 0 Å². The van der Waals surface area contributed by atoms with Gasteiger partial charge >= 0.3 is 0 Å². The highest BCUT2D eigenvalue weighted by Crippen LogP contribution is 2.26. The molecule has 2 nitrogen and oxygen atoms in total. The molecule has 5 heteroatoms. The highest BCUT2D eigenvalue weighted by Gasteiger charge is 2.19. The Morgan fingerprint density at radius 3 is 2.47 bits per heavy atom. The average Bonchev–Trinajstić information content (AvgIpc) is 2.16. The molecule has 0 bridgehead atoms. The average molecular weight is 213 g/mol. The summed E-state index contributed by atoms with van der Waals surface area (Å²) in [5, 5.41) is 8.47. The van der Waals surface area contributed by atoms with Crippen LogP contribution in [0.15, 0.2) is 12.1 Å². The topological polar surface area (TPSA) is 40.9 Å². The van der Waals surface area contributed by atoms with Crippen LogP contribution in [0.5, 0.6) is 0 Å². The largest absolute Gasteiger partial charge is 0.294 e. The number of halogens is 3. The van der Waals surface area contributed by atoms with E-state index in [1.54, 1.807) is 0 Å². The van der Waals surface area contributed by atoms with E-state index >= 15 is 0 Å². The van der Waals surface area contributed by atoms with Gasteiger partial charge in [0.1, 0.15) is 11.9 Å². The summed E-state index contributed by atoms with van der Waals surface area (Å²) in [6.07, 6.45) is -2.94. The van der Waals surface area contributed by atoms with Crippen LogP contribution in [0.4, 0.5) is 13.2 Å². The van der Waals surface area contributed by atoms with E-state index in [4.69, 9.17) is 5.26 Å². The fourth-order valence-corrected chi connectivity index (χ4v) is 1.16. The Labute approximate surface area is 83.9 Å².